The minimum absolute atomic E-state index is 0.167. The summed E-state index contributed by atoms with van der Waals surface area (Å²) in [5, 5.41) is 7.27. The minimum atomic E-state index is -0.322. The van der Waals surface area contributed by atoms with Crippen LogP contribution in [0.3, 0.4) is 0 Å². The van der Waals surface area contributed by atoms with E-state index < -0.39 is 0 Å². The number of nitrogens with zero attached hydrogens (tertiary/aromatic N) is 4. The molecule has 3 rings (SSSR count). The molecular weight excluding hydrogens is 382 g/mol. The quantitative estimate of drug-likeness (QED) is 0.648. The van der Waals surface area contributed by atoms with E-state index in [0.29, 0.717) is 35.9 Å². The highest BCUT2D eigenvalue weighted by molar-refractivity contribution is 5.90. The number of amides is 1. The Hall–Kier alpha value is -3.42. The van der Waals surface area contributed by atoms with Crippen molar-refractivity contribution in [3.63, 3.8) is 0 Å². The molecule has 0 saturated carbocycles. The summed E-state index contributed by atoms with van der Waals surface area (Å²) in [6.45, 7) is 9.79. The summed E-state index contributed by atoms with van der Waals surface area (Å²) < 4.78 is 8.40. The number of nitrogens with one attached hydrogen (secondary N) is 1. The summed E-state index contributed by atoms with van der Waals surface area (Å²) in [6.07, 6.45) is 0.537. The van der Waals surface area contributed by atoms with Crippen LogP contribution in [0.1, 0.15) is 36.5 Å². The van der Waals surface area contributed by atoms with E-state index in [1.54, 1.807) is 35.9 Å². The van der Waals surface area contributed by atoms with Gasteiger partial charge in [-0.15, -0.1) is 0 Å². The molecule has 0 spiro atoms. The summed E-state index contributed by atoms with van der Waals surface area (Å²) in [6, 6.07) is 9.00. The van der Waals surface area contributed by atoms with Crippen LogP contribution in [-0.4, -0.2) is 31.8 Å². The van der Waals surface area contributed by atoms with Crippen molar-refractivity contribution in [3.05, 3.63) is 63.3 Å². The number of hydrogen-bond acceptors (Lipinski definition) is 5. The van der Waals surface area contributed by atoms with Crippen LogP contribution in [0.4, 0.5) is 5.69 Å². The van der Waals surface area contributed by atoms with Gasteiger partial charge in [0.25, 0.3) is 5.56 Å². The zero-order valence-corrected chi connectivity index (χ0v) is 18.0. The van der Waals surface area contributed by atoms with Crippen molar-refractivity contribution in [1.82, 2.24) is 19.3 Å². The molecule has 0 bridgehead atoms. The average molecular weight is 409 g/mol. The first-order chi connectivity index (χ1) is 14.3. The molecule has 2 heterocycles. The minimum Gasteiger partial charge on any atom is -0.494 e. The number of ether oxygens (including phenoxy) is 1. The SMILES string of the molecule is CCOc1ccc(NC(=O)Cn2c(-n3nc(C)cc3C)nc(C)c(CC)c2=O)cc1. The third kappa shape index (κ3) is 4.42. The molecule has 30 heavy (non-hydrogen) atoms. The zero-order valence-electron chi connectivity index (χ0n) is 18.0. The van der Waals surface area contributed by atoms with Gasteiger partial charge in [0, 0.05) is 16.9 Å². The molecule has 0 aliphatic heterocycles. The van der Waals surface area contributed by atoms with Crippen molar-refractivity contribution in [2.24, 2.45) is 0 Å². The first kappa shape index (κ1) is 21.3. The van der Waals surface area contributed by atoms with Gasteiger partial charge in [0.1, 0.15) is 12.3 Å². The second-order valence-corrected chi connectivity index (χ2v) is 7.07. The molecule has 1 amide bonds. The van der Waals surface area contributed by atoms with Crippen molar-refractivity contribution < 1.29 is 9.53 Å². The molecule has 0 aliphatic carbocycles. The van der Waals surface area contributed by atoms with E-state index in [1.165, 1.54) is 4.57 Å². The van der Waals surface area contributed by atoms with Gasteiger partial charge in [-0.3, -0.25) is 14.2 Å². The van der Waals surface area contributed by atoms with Gasteiger partial charge in [0.05, 0.1) is 18.0 Å². The van der Waals surface area contributed by atoms with Crippen LogP contribution in [0, 0.1) is 20.8 Å². The summed E-state index contributed by atoms with van der Waals surface area (Å²) in [5.41, 5.74) is 3.28. The molecule has 1 aromatic carbocycles. The molecule has 0 unspecified atom stereocenters. The number of rotatable bonds is 7. The summed E-state index contributed by atoms with van der Waals surface area (Å²) in [4.78, 5) is 30.5. The van der Waals surface area contributed by atoms with E-state index in [-0.39, 0.29) is 18.0 Å². The normalized spacial score (nSPS) is 10.8. The molecule has 8 heteroatoms. The predicted molar refractivity (Wildman–Crippen MR) is 115 cm³/mol. The van der Waals surface area contributed by atoms with Crippen LogP contribution in [0.25, 0.3) is 5.95 Å². The van der Waals surface area contributed by atoms with E-state index in [9.17, 15) is 9.59 Å². The first-order valence-corrected chi connectivity index (χ1v) is 10.0. The van der Waals surface area contributed by atoms with Crippen LogP contribution >= 0.6 is 0 Å². The largest absolute Gasteiger partial charge is 0.494 e. The average Bonchev–Trinajstić information content (AvgIpc) is 3.04. The number of aromatic nitrogens is 4. The molecule has 0 fully saturated rings. The molecule has 3 aromatic rings. The molecular formula is C22H27N5O3. The topological polar surface area (TPSA) is 91.0 Å². The molecule has 2 aromatic heterocycles. The maximum absolute atomic E-state index is 13.1. The summed E-state index contributed by atoms with van der Waals surface area (Å²) >= 11 is 0. The molecule has 0 radical (unpaired) electrons. The molecule has 0 aliphatic rings. The molecule has 8 nitrogen and oxygen atoms in total. The Morgan fingerprint density at radius 1 is 1.13 bits per heavy atom. The molecule has 0 saturated heterocycles. The van der Waals surface area contributed by atoms with E-state index in [1.807, 2.05) is 33.8 Å². The van der Waals surface area contributed by atoms with E-state index in [2.05, 4.69) is 15.4 Å². The number of aryl methyl sites for hydroxylation is 3. The lowest BCUT2D eigenvalue weighted by atomic mass is 10.2. The van der Waals surface area contributed by atoms with Crippen LogP contribution in [-0.2, 0) is 17.8 Å². The molecule has 0 atom stereocenters. The van der Waals surface area contributed by atoms with E-state index in [0.717, 1.165) is 17.1 Å². The van der Waals surface area contributed by atoms with E-state index in [4.69, 9.17) is 4.74 Å². The monoisotopic (exact) mass is 409 g/mol. The number of carbonyl (C=O) groups excluding carboxylic acids is 1. The lowest BCUT2D eigenvalue weighted by Crippen LogP contribution is -2.34. The second-order valence-electron chi connectivity index (χ2n) is 7.07. The third-order valence-electron chi connectivity index (χ3n) is 4.75. The van der Waals surface area contributed by atoms with Gasteiger partial charge in [-0.2, -0.15) is 5.10 Å². The van der Waals surface area contributed by atoms with E-state index >= 15 is 0 Å². The van der Waals surface area contributed by atoms with Gasteiger partial charge in [-0.1, -0.05) is 6.92 Å². The van der Waals surface area contributed by atoms with Crippen LogP contribution in [0.15, 0.2) is 35.1 Å². The molecule has 158 valence electrons. The predicted octanol–water partition coefficient (Wildman–Crippen LogP) is 2.95. The van der Waals surface area contributed by atoms with Crippen molar-refractivity contribution in [3.8, 4) is 11.7 Å². The fourth-order valence-electron chi connectivity index (χ4n) is 3.37. The zero-order chi connectivity index (χ0) is 21.8. The maximum atomic E-state index is 13.1. The standard InChI is InChI=1S/C22H27N5O3/c1-6-19-16(5)23-22(27-15(4)12-14(3)25-27)26(21(19)29)13-20(28)24-17-8-10-18(11-9-17)30-7-2/h8-12H,6-7,13H2,1-5H3,(H,24,28). The van der Waals surface area contributed by atoms with Gasteiger partial charge >= 0.3 is 0 Å². The smallest absolute Gasteiger partial charge is 0.258 e. The van der Waals surface area contributed by atoms with Crippen molar-refractivity contribution >= 4 is 11.6 Å². The number of benzene rings is 1. The highest BCUT2D eigenvalue weighted by atomic mass is 16.5. The Morgan fingerprint density at radius 3 is 2.40 bits per heavy atom. The summed E-state index contributed by atoms with van der Waals surface area (Å²) in [7, 11) is 0. The lowest BCUT2D eigenvalue weighted by Gasteiger charge is -2.16. The highest BCUT2D eigenvalue weighted by Gasteiger charge is 2.19. The summed E-state index contributed by atoms with van der Waals surface area (Å²) in [5.74, 6) is 0.743. The number of hydrogen-bond donors (Lipinski definition) is 1. The van der Waals surface area contributed by atoms with Gasteiger partial charge in [-0.05, 0) is 64.4 Å². The number of carbonyl (C=O) groups is 1. The Bertz CT molecular complexity index is 1110. The maximum Gasteiger partial charge on any atom is 0.258 e. The number of anilines is 1. The first-order valence-electron chi connectivity index (χ1n) is 10.0. The Kier molecular flexibility index (Phi) is 6.34. The molecule has 1 N–H and O–H groups in total. The lowest BCUT2D eigenvalue weighted by molar-refractivity contribution is -0.116. The fraction of sp³-hybridized carbons (Fsp3) is 0.364. The highest BCUT2D eigenvalue weighted by Crippen LogP contribution is 2.16. The van der Waals surface area contributed by atoms with Gasteiger partial charge in [0.15, 0.2) is 0 Å². The third-order valence-corrected chi connectivity index (χ3v) is 4.75. The van der Waals surface area contributed by atoms with Crippen LogP contribution < -0.4 is 15.6 Å². The van der Waals surface area contributed by atoms with Gasteiger partial charge in [0.2, 0.25) is 11.9 Å². The van der Waals surface area contributed by atoms with Gasteiger partial charge < -0.3 is 10.1 Å². The van der Waals surface area contributed by atoms with Crippen molar-refractivity contribution in [2.45, 2.75) is 47.6 Å². The van der Waals surface area contributed by atoms with Crippen LogP contribution in [0.5, 0.6) is 5.75 Å². The Morgan fingerprint density at radius 2 is 1.83 bits per heavy atom. The van der Waals surface area contributed by atoms with Crippen molar-refractivity contribution in [1.29, 1.82) is 0 Å². The second kappa shape index (κ2) is 8.94. The van der Waals surface area contributed by atoms with Crippen molar-refractivity contribution in [2.75, 3.05) is 11.9 Å². The fourth-order valence-corrected chi connectivity index (χ4v) is 3.37. The Balaban J connectivity index is 1.94. The Labute approximate surface area is 175 Å². The van der Waals surface area contributed by atoms with Gasteiger partial charge in [-0.25, -0.2) is 9.67 Å². The van der Waals surface area contributed by atoms with Crippen LogP contribution in [0.2, 0.25) is 0 Å².